The standard InChI is InChI=1S/C20H37N3O5/c1-19(2,3)27-17(25)21-12-10-11-15(22-18(26)28-20(4,5)6)16(24)23-13-8-7-9-14-23/h15H,7-14H2,1-6H3,(H,21,25)(H,22,26)/t15-/m0/s1. The smallest absolute Gasteiger partial charge is 0.408 e. The predicted molar refractivity (Wildman–Crippen MR) is 107 cm³/mol. The van der Waals surface area contributed by atoms with Crippen LogP contribution in [0.2, 0.25) is 0 Å². The van der Waals surface area contributed by atoms with E-state index in [9.17, 15) is 14.4 Å². The number of carbonyl (C=O) groups is 3. The van der Waals surface area contributed by atoms with E-state index in [0.717, 1.165) is 19.3 Å². The monoisotopic (exact) mass is 399 g/mol. The molecule has 1 aliphatic heterocycles. The molecule has 0 radical (unpaired) electrons. The predicted octanol–water partition coefficient (Wildman–Crippen LogP) is 3.20. The summed E-state index contributed by atoms with van der Waals surface area (Å²) in [4.78, 5) is 38.5. The number of piperidine rings is 1. The number of nitrogens with zero attached hydrogens (tertiary/aromatic N) is 1. The minimum atomic E-state index is -0.673. The fraction of sp³-hybridized carbons (Fsp3) is 0.850. The fourth-order valence-corrected chi connectivity index (χ4v) is 2.85. The zero-order valence-electron chi connectivity index (χ0n) is 18.2. The van der Waals surface area contributed by atoms with Crippen LogP contribution in [-0.4, -0.2) is 59.9 Å². The summed E-state index contributed by atoms with van der Waals surface area (Å²) in [6.45, 7) is 12.5. The van der Waals surface area contributed by atoms with Crippen molar-refractivity contribution in [2.24, 2.45) is 0 Å². The maximum absolute atomic E-state index is 12.9. The molecular weight excluding hydrogens is 362 g/mol. The molecule has 0 spiro atoms. The van der Waals surface area contributed by atoms with Crippen LogP contribution in [0.4, 0.5) is 9.59 Å². The number of nitrogens with one attached hydrogen (secondary N) is 2. The van der Waals surface area contributed by atoms with E-state index in [1.165, 1.54) is 0 Å². The van der Waals surface area contributed by atoms with Gasteiger partial charge in [-0.25, -0.2) is 9.59 Å². The van der Waals surface area contributed by atoms with E-state index < -0.39 is 29.4 Å². The maximum Gasteiger partial charge on any atom is 0.408 e. The van der Waals surface area contributed by atoms with E-state index in [1.807, 2.05) is 0 Å². The molecule has 28 heavy (non-hydrogen) atoms. The molecule has 1 rings (SSSR count). The summed E-state index contributed by atoms with van der Waals surface area (Å²) >= 11 is 0. The molecular formula is C20H37N3O5. The molecule has 0 aromatic carbocycles. The second-order valence-electron chi connectivity index (χ2n) is 9.16. The highest BCUT2D eigenvalue weighted by atomic mass is 16.6. The van der Waals surface area contributed by atoms with Crippen molar-refractivity contribution in [2.45, 2.75) is 90.9 Å². The van der Waals surface area contributed by atoms with Crippen molar-refractivity contribution < 1.29 is 23.9 Å². The normalized spacial score (nSPS) is 16.1. The first-order chi connectivity index (χ1) is 12.9. The highest BCUT2D eigenvalue weighted by molar-refractivity contribution is 5.85. The Morgan fingerprint density at radius 3 is 1.96 bits per heavy atom. The van der Waals surface area contributed by atoms with Gasteiger partial charge in [0, 0.05) is 19.6 Å². The molecule has 1 atom stereocenters. The van der Waals surface area contributed by atoms with E-state index in [-0.39, 0.29) is 5.91 Å². The molecule has 1 saturated heterocycles. The summed E-state index contributed by atoms with van der Waals surface area (Å²) in [5.74, 6) is -0.0946. The lowest BCUT2D eigenvalue weighted by Gasteiger charge is -2.31. The summed E-state index contributed by atoms with van der Waals surface area (Å²) < 4.78 is 10.5. The zero-order valence-corrected chi connectivity index (χ0v) is 18.2. The number of rotatable bonds is 6. The number of amides is 3. The number of ether oxygens (including phenoxy) is 2. The molecule has 1 heterocycles. The third-order valence-corrected chi connectivity index (χ3v) is 3.99. The van der Waals surface area contributed by atoms with Crippen molar-refractivity contribution in [3.63, 3.8) is 0 Å². The lowest BCUT2D eigenvalue weighted by atomic mass is 10.1. The Morgan fingerprint density at radius 1 is 0.893 bits per heavy atom. The maximum atomic E-state index is 12.9. The average molecular weight is 400 g/mol. The molecule has 0 aromatic rings. The molecule has 162 valence electrons. The van der Waals surface area contributed by atoms with Gasteiger partial charge in [-0.3, -0.25) is 4.79 Å². The molecule has 1 aliphatic rings. The number of hydrogen-bond donors (Lipinski definition) is 2. The Bertz CT molecular complexity index is 531. The molecule has 0 aliphatic carbocycles. The Hall–Kier alpha value is -1.99. The molecule has 0 bridgehead atoms. The van der Waals surface area contributed by atoms with Crippen LogP contribution < -0.4 is 10.6 Å². The summed E-state index contributed by atoms with van der Waals surface area (Å²) in [7, 11) is 0. The summed E-state index contributed by atoms with van der Waals surface area (Å²) in [6, 6.07) is -0.673. The quantitative estimate of drug-likeness (QED) is 0.669. The van der Waals surface area contributed by atoms with Gasteiger partial charge in [-0.1, -0.05) is 0 Å². The molecule has 1 fully saturated rings. The van der Waals surface area contributed by atoms with Gasteiger partial charge in [-0.05, 0) is 73.6 Å². The Labute approximate surface area is 168 Å². The number of carbonyl (C=O) groups excluding carboxylic acids is 3. The molecule has 0 aromatic heterocycles. The van der Waals surface area contributed by atoms with Crippen LogP contribution in [0.25, 0.3) is 0 Å². The lowest BCUT2D eigenvalue weighted by molar-refractivity contribution is -0.134. The second-order valence-corrected chi connectivity index (χ2v) is 9.16. The van der Waals surface area contributed by atoms with E-state index in [0.29, 0.717) is 32.5 Å². The number of alkyl carbamates (subject to hydrolysis) is 2. The van der Waals surface area contributed by atoms with E-state index in [4.69, 9.17) is 9.47 Å². The van der Waals surface area contributed by atoms with Crippen LogP contribution in [0.1, 0.15) is 73.6 Å². The SMILES string of the molecule is CC(C)(C)OC(=O)NCCC[C@H](NC(=O)OC(C)(C)C)C(=O)N1CCCCC1. The Morgan fingerprint density at radius 2 is 1.43 bits per heavy atom. The summed E-state index contributed by atoms with van der Waals surface area (Å²) in [5.41, 5.74) is -1.20. The van der Waals surface area contributed by atoms with Gasteiger partial charge in [0.1, 0.15) is 17.2 Å². The van der Waals surface area contributed by atoms with Gasteiger partial charge >= 0.3 is 12.2 Å². The molecule has 2 N–H and O–H groups in total. The molecule has 0 saturated carbocycles. The van der Waals surface area contributed by atoms with E-state index in [1.54, 1.807) is 46.4 Å². The van der Waals surface area contributed by atoms with Gasteiger partial charge in [-0.15, -0.1) is 0 Å². The second kappa shape index (κ2) is 10.5. The third-order valence-electron chi connectivity index (χ3n) is 3.99. The van der Waals surface area contributed by atoms with Gasteiger partial charge in [0.25, 0.3) is 0 Å². The first kappa shape index (κ1) is 24.0. The first-order valence-electron chi connectivity index (χ1n) is 10.1. The summed E-state index contributed by atoms with van der Waals surface area (Å²) in [5, 5.41) is 5.38. The third kappa shape index (κ3) is 10.4. The van der Waals surface area contributed by atoms with Crippen molar-refractivity contribution in [3.8, 4) is 0 Å². The van der Waals surface area contributed by atoms with Crippen molar-refractivity contribution >= 4 is 18.1 Å². The first-order valence-corrected chi connectivity index (χ1v) is 10.1. The van der Waals surface area contributed by atoms with Gasteiger partial charge in [0.05, 0.1) is 0 Å². The highest BCUT2D eigenvalue weighted by Crippen LogP contribution is 2.13. The number of hydrogen-bond acceptors (Lipinski definition) is 5. The van der Waals surface area contributed by atoms with E-state index >= 15 is 0 Å². The van der Waals surface area contributed by atoms with Crippen molar-refractivity contribution in [2.75, 3.05) is 19.6 Å². The minimum Gasteiger partial charge on any atom is -0.444 e. The molecule has 0 unspecified atom stereocenters. The van der Waals surface area contributed by atoms with Crippen LogP contribution >= 0.6 is 0 Å². The van der Waals surface area contributed by atoms with Gasteiger partial charge in [0.2, 0.25) is 5.91 Å². The molecule has 8 heteroatoms. The fourth-order valence-electron chi connectivity index (χ4n) is 2.85. The van der Waals surface area contributed by atoms with Crippen LogP contribution in [-0.2, 0) is 14.3 Å². The summed E-state index contributed by atoms with van der Waals surface area (Å²) in [6.07, 6.45) is 2.91. The van der Waals surface area contributed by atoms with Crippen LogP contribution in [0.3, 0.4) is 0 Å². The lowest BCUT2D eigenvalue weighted by Crippen LogP contribution is -2.51. The van der Waals surface area contributed by atoms with E-state index in [2.05, 4.69) is 10.6 Å². The largest absolute Gasteiger partial charge is 0.444 e. The number of likely N-dealkylation sites (tertiary alicyclic amines) is 1. The topological polar surface area (TPSA) is 97.0 Å². The van der Waals surface area contributed by atoms with Crippen LogP contribution in [0.5, 0.6) is 0 Å². The Kier molecular flexibility index (Phi) is 9.04. The van der Waals surface area contributed by atoms with Crippen molar-refractivity contribution in [1.82, 2.24) is 15.5 Å². The highest BCUT2D eigenvalue weighted by Gasteiger charge is 2.28. The van der Waals surface area contributed by atoms with Gasteiger partial charge in [0.15, 0.2) is 0 Å². The van der Waals surface area contributed by atoms with Crippen molar-refractivity contribution in [3.05, 3.63) is 0 Å². The van der Waals surface area contributed by atoms with Crippen molar-refractivity contribution in [1.29, 1.82) is 0 Å². The minimum absolute atomic E-state index is 0.0946. The zero-order chi connectivity index (χ0) is 21.4. The van der Waals surface area contributed by atoms with Gasteiger partial charge < -0.3 is 25.0 Å². The van der Waals surface area contributed by atoms with Crippen LogP contribution in [0, 0.1) is 0 Å². The molecule has 8 nitrogen and oxygen atoms in total. The average Bonchev–Trinajstić information content (AvgIpc) is 2.54. The van der Waals surface area contributed by atoms with Crippen LogP contribution in [0.15, 0.2) is 0 Å². The van der Waals surface area contributed by atoms with Gasteiger partial charge in [-0.2, -0.15) is 0 Å². The Balaban J connectivity index is 2.58. The molecule has 3 amide bonds.